The van der Waals surface area contributed by atoms with Gasteiger partial charge in [0.15, 0.2) is 5.57 Å². The number of carbonyl (C=O) groups excluding carboxylic acids is 2. The minimum atomic E-state index is -4.90. The maximum atomic E-state index is 14.8. The van der Waals surface area contributed by atoms with Crippen LogP contribution < -0.4 is 10.2 Å². The molecule has 4 rings (SSSR count). The van der Waals surface area contributed by atoms with E-state index in [0.717, 1.165) is 22.2 Å². The molecule has 2 aromatic carbocycles. The first-order chi connectivity index (χ1) is 14.2. The molecule has 2 aliphatic rings. The number of nitrogens with one attached hydrogen (secondary N) is 1. The summed E-state index contributed by atoms with van der Waals surface area (Å²) in [6, 6.07) is 12.2. The molecule has 0 unspecified atom stereocenters. The third-order valence-corrected chi connectivity index (χ3v) is 6.09. The third kappa shape index (κ3) is 2.87. The molecule has 0 aliphatic carbocycles. The van der Waals surface area contributed by atoms with Gasteiger partial charge in [0.25, 0.3) is 5.91 Å². The van der Waals surface area contributed by atoms with Crippen molar-refractivity contribution < 1.29 is 27.5 Å². The Bertz CT molecular complexity index is 1070. The number of benzene rings is 2. The largest absolute Gasteiger partial charge is 0.462 e. The second-order valence-corrected chi connectivity index (χ2v) is 7.86. The van der Waals surface area contributed by atoms with E-state index in [1.807, 2.05) is 0 Å². The van der Waals surface area contributed by atoms with Crippen molar-refractivity contribution in [2.45, 2.75) is 30.6 Å². The zero-order chi connectivity index (χ0) is 21.7. The Morgan fingerprint density at radius 2 is 1.83 bits per heavy atom. The summed E-state index contributed by atoms with van der Waals surface area (Å²) < 4.78 is 49.2. The number of esters is 1. The lowest BCUT2D eigenvalue weighted by atomic mass is 9.92. The summed E-state index contributed by atoms with van der Waals surface area (Å²) in [6.07, 6.45) is -4.90. The molecule has 2 aromatic rings. The van der Waals surface area contributed by atoms with Crippen LogP contribution in [-0.4, -0.2) is 24.7 Å². The van der Waals surface area contributed by atoms with Crippen molar-refractivity contribution in [3.63, 3.8) is 0 Å². The second-order valence-electron chi connectivity index (χ2n) is 6.83. The Hall–Kier alpha value is -2.94. The van der Waals surface area contributed by atoms with Gasteiger partial charge in [-0.3, -0.25) is 9.69 Å². The molecule has 1 amide bonds. The number of hydrogen-bond acceptors (Lipinski definition) is 5. The number of nitrogens with zero attached hydrogens (tertiary/aromatic N) is 1. The molecule has 5 nitrogen and oxygen atoms in total. The number of para-hydroxylation sites is 1. The zero-order valence-electron chi connectivity index (χ0n) is 16.0. The number of hydrogen-bond donors (Lipinski definition) is 1. The van der Waals surface area contributed by atoms with Gasteiger partial charge in [0.1, 0.15) is 5.03 Å². The van der Waals surface area contributed by atoms with E-state index in [2.05, 4.69) is 5.32 Å². The van der Waals surface area contributed by atoms with Crippen LogP contribution in [-0.2, 0) is 20.0 Å². The molecular weight excluding hydrogens is 417 g/mol. The van der Waals surface area contributed by atoms with Crippen molar-refractivity contribution in [1.29, 1.82) is 0 Å². The van der Waals surface area contributed by atoms with Gasteiger partial charge in [0.2, 0.25) is 5.66 Å². The Kier molecular flexibility index (Phi) is 4.80. The number of thioether (sulfide) groups is 1. The normalized spacial score (nSPS) is 20.6. The van der Waals surface area contributed by atoms with Crippen LogP contribution in [0.15, 0.2) is 64.0 Å². The van der Waals surface area contributed by atoms with Crippen LogP contribution in [0.25, 0.3) is 0 Å². The highest BCUT2D eigenvalue weighted by Crippen LogP contribution is 2.57. The molecule has 9 heteroatoms. The predicted octanol–water partition coefficient (Wildman–Crippen LogP) is 4.23. The summed E-state index contributed by atoms with van der Waals surface area (Å²) in [5, 5.41) is 2.00. The van der Waals surface area contributed by atoms with E-state index < -0.39 is 29.3 Å². The van der Waals surface area contributed by atoms with Gasteiger partial charge in [-0.15, -0.1) is 0 Å². The number of anilines is 1. The Morgan fingerprint density at radius 1 is 1.17 bits per heavy atom. The third-order valence-electron chi connectivity index (χ3n) is 4.95. The van der Waals surface area contributed by atoms with Gasteiger partial charge in [-0.2, -0.15) is 13.2 Å². The monoisotopic (exact) mass is 434 g/mol. The van der Waals surface area contributed by atoms with Crippen molar-refractivity contribution in [3.8, 4) is 0 Å². The molecule has 0 bridgehead atoms. The van der Waals surface area contributed by atoms with E-state index in [0.29, 0.717) is 4.90 Å². The van der Waals surface area contributed by atoms with Crippen molar-refractivity contribution in [2.75, 3.05) is 11.5 Å². The molecule has 0 saturated heterocycles. The van der Waals surface area contributed by atoms with Gasteiger partial charge in [-0.1, -0.05) is 53.7 Å². The van der Waals surface area contributed by atoms with Crippen LogP contribution in [0.4, 0.5) is 18.9 Å². The Morgan fingerprint density at radius 3 is 2.47 bits per heavy atom. The Balaban J connectivity index is 2.05. The SMILES string of the molecule is CCOC(=O)C1=C2Sc3ccccc3N2[C@@](c2ccc(C)cc2)(C(F)(F)F)NC1=O. The van der Waals surface area contributed by atoms with Gasteiger partial charge < -0.3 is 10.1 Å². The van der Waals surface area contributed by atoms with Gasteiger partial charge in [0.05, 0.1) is 12.3 Å². The first kappa shape index (κ1) is 20.3. The summed E-state index contributed by atoms with van der Waals surface area (Å²) in [5.41, 5.74) is -2.45. The van der Waals surface area contributed by atoms with Crippen molar-refractivity contribution in [3.05, 3.63) is 70.3 Å². The van der Waals surface area contributed by atoms with Gasteiger partial charge in [0, 0.05) is 10.5 Å². The molecule has 0 radical (unpaired) electrons. The number of carbonyl (C=O) groups is 2. The molecule has 2 heterocycles. The van der Waals surface area contributed by atoms with Crippen LogP contribution in [0.3, 0.4) is 0 Å². The maximum Gasteiger partial charge on any atom is 0.435 e. The first-order valence-corrected chi connectivity index (χ1v) is 9.97. The van der Waals surface area contributed by atoms with E-state index in [4.69, 9.17) is 4.74 Å². The minimum Gasteiger partial charge on any atom is -0.462 e. The fraction of sp³-hybridized carbons (Fsp3) is 0.238. The number of amides is 1. The summed E-state index contributed by atoms with van der Waals surface area (Å²) in [7, 11) is 0. The minimum absolute atomic E-state index is 0.0110. The van der Waals surface area contributed by atoms with Gasteiger partial charge in [-0.05, 0) is 26.0 Å². The topological polar surface area (TPSA) is 58.6 Å². The standard InChI is InChI=1S/C21H17F3N2O3S/c1-3-29-19(28)16-17(27)25-20(21(22,23)24,13-10-8-12(2)9-11-13)26-14-6-4-5-7-15(14)30-18(16)26/h4-11H,3H2,1-2H3,(H,25,27)/t20-/m0/s1. The van der Waals surface area contributed by atoms with Crippen molar-refractivity contribution in [1.82, 2.24) is 5.32 Å². The average Bonchev–Trinajstić information content (AvgIpc) is 3.06. The van der Waals surface area contributed by atoms with E-state index in [1.54, 1.807) is 44.2 Å². The quantitative estimate of drug-likeness (QED) is 0.579. The summed E-state index contributed by atoms with van der Waals surface area (Å²) in [5.74, 6) is -2.09. The molecule has 30 heavy (non-hydrogen) atoms. The van der Waals surface area contributed by atoms with Crippen LogP contribution in [0.1, 0.15) is 18.1 Å². The average molecular weight is 434 g/mol. The number of aryl methyl sites for hydroxylation is 1. The van der Waals surface area contributed by atoms with Crippen LogP contribution >= 0.6 is 11.8 Å². The summed E-state index contributed by atoms with van der Waals surface area (Å²) in [4.78, 5) is 26.9. The van der Waals surface area contributed by atoms with E-state index in [1.165, 1.54) is 18.2 Å². The maximum absolute atomic E-state index is 14.8. The number of fused-ring (bicyclic) bond motifs is 3. The van der Waals surface area contributed by atoms with Crippen LogP contribution in [0.5, 0.6) is 0 Å². The predicted molar refractivity (Wildman–Crippen MR) is 105 cm³/mol. The van der Waals surface area contributed by atoms with E-state index in [-0.39, 0.29) is 22.9 Å². The highest BCUT2D eigenvalue weighted by molar-refractivity contribution is 8.03. The molecule has 156 valence electrons. The van der Waals surface area contributed by atoms with E-state index >= 15 is 0 Å². The molecule has 0 aromatic heterocycles. The fourth-order valence-electron chi connectivity index (χ4n) is 3.60. The lowest BCUT2D eigenvalue weighted by Gasteiger charge is -2.47. The molecule has 0 fully saturated rings. The first-order valence-electron chi connectivity index (χ1n) is 9.15. The number of alkyl halides is 3. The molecule has 2 aliphatic heterocycles. The van der Waals surface area contributed by atoms with Gasteiger partial charge >= 0.3 is 12.1 Å². The molecular formula is C21H17F3N2O3S. The molecule has 1 atom stereocenters. The summed E-state index contributed by atoms with van der Waals surface area (Å²) >= 11 is 0.946. The zero-order valence-corrected chi connectivity index (χ0v) is 16.9. The van der Waals surface area contributed by atoms with E-state index in [9.17, 15) is 22.8 Å². The smallest absolute Gasteiger partial charge is 0.435 e. The second kappa shape index (κ2) is 7.09. The number of halogens is 3. The lowest BCUT2D eigenvalue weighted by Crippen LogP contribution is -2.68. The van der Waals surface area contributed by atoms with Crippen molar-refractivity contribution >= 4 is 29.3 Å². The fourth-order valence-corrected chi connectivity index (χ4v) is 4.83. The molecule has 1 N–H and O–H groups in total. The van der Waals surface area contributed by atoms with Crippen molar-refractivity contribution in [2.24, 2.45) is 0 Å². The number of ether oxygens (including phenoxy) is 1. The highest BCUT2D eigenvalue weighted by atomic mass is 32.2. The Labute approximate surface area is 174 Å². The van der Waals surface area contributed by atoms with Gasteiger partial charge in [-0.25, -0.2) is 4.79 Å². The molecule has 0 spiro atoms. The summed E-state index contributed by atoms with van der Waals surface area (Å²) in [6.45, 7) is 3.31. The van der Waals surface area contributed by atoms with Crippen LogP contribution in [0.2, 0.25) is 0 Å². The van der Waals surface area contributed by atoms with Crippen LogP contribution in [0, 0.1) is 6.92 Å². The lowest BCUT2D eigenvalue weighted by molar-refractivity contribution is -0.202. The molecule has 0 saturated carbocycles. The highest BCUT2D eigenvalue weighted by Gasteiger charge is 2.66. The number of rotatable bonds is 3.